The molecule has 8 rings (SSSR count). The molecule has 5 heteroatoms. The summed E-state index contributed by atoms with van der Waals surface area (Å²) in [6, 6.07) is 0. The molecule has 0 amide bonds. The first-order chi connectivity index (χ1) is 26.4. The predicted molar refractivity (Wildman–Crippen MR) is 226 cm³/mol. The Labute approximate surface area is 342 Å². The molecule has 8 saturated carbocycles. The monoisotopic (exact) mass is 777 g/mol. The van der Waals surface area contributed by atoms with Crippen molar-refractivity contribution in [2.45, 2.75) is 197 Å². The number of carbonyl (C=O) groups is 3. The van der Waals surface area contributed by atoms with Gasteiger partial charge < -0.3 is 10.2 Å². The van der Waals surface area contributed by atoms with Crippen LogP contribution in [0.4, 0.5) is 0 Å². The lowest BCUT2D eigenvalue weighted by atomic mass is 9.42. The lowest BCUT2D eigenvalue weighted by Gasteiger charge is -2.62. The van der Waals surface area contributed by atoms with Crippen molar-refractivity contribution < 1.29 is 24.6 Å². The van der Waals surface area contributed by atoms with E-state index in [-0.39, 0.29) is 35.2 Å². The summed E-state index contributed by atoms with van der Waals surface area (Å²) in [5, 5.41) is 19.5. The van der Waals surface area contributed by atoms with E-state index in [9.17, 15) is 19.5 Å². The predicted octanol–water partition coefficient (Wildman–Crippen LogP) is 12.2. The summed E-state index contributed by atoms with van der Waals surface area (Å²) in [6.07, 6.45) is 22.1. The molecule has 0 spiro atoms. The summed E-state index contributed by atoms with van der Waals surface area (Å²) in [5.74, 6) is 8.03. The maximum absolute atomic E-state index is 13.9. The molecule has 8 fully saturated rings. The van der Waals surface area contributed by atoms with Gasteiger partial charge in [0.1, 0.15) is 11.6 Å². The second kappa shape index (κ2) is 16.0. The van der Waals surface area contributed by atoms with Gasteiger partial charge >= 0.3 is 5.97 Å². The van der Waals surface area contributed by atoms with Crippen molar-refractivity contribution in [2.24, 2.45) is 105 Å². The van der Waals surface area contributed by atoms with Gasteiger partial charge in [0, 0.05) is 30.6 Å². The first kappa shape index (κ1) is 42.9. The molecule has 4 unspecified atom stereocenters. The van der Waals surface area contributed by atoms with Crippen molar-refractivity contribution in [2.75, 3.05) is 0 Å². The van der Waals surface area contributed by atoms with Crippen molar-refractivity contribution >= 4 is 17.5 Å². The Morgan fingerprint density at radius 2 is 1.21 bits per heavy atom. The van der Waals surface area contributed by atoms with E-state index >= 15 is 0 Å². The highest BCUT2D eigenvalue weighted by Crippen LogP contribution is 2.70. The van der Waals surface area contributed by atoms with Crippen molar-refractivity contribution in [3.05, 3.63) is 0 Å². The van der Waals surface area contributed by atoms with E-state index < -0.39 is 5.97 Å². The number of hydrogen-bond acceptors (Lipinski definition) is 4. The first-order valence-electron chi connectivity index (χ1n) is 24.4. The lowest BCUT2D eigenvalue weighted by molar-refractivity contribution is -0.173. The smallest absolute Gasteiger partial charge is 0.303 e. The first-order valence-corrected chi connectivity index (χ1v) is 24.4. The van der Waals surface area contributed by atoms with E-state index in [2.05, 4.69) is 62.3 Å². The number of ketones is 2. The van der Waals surface area contributed by atoms with Crippen LogP contribution in [0.5, 0.6) is 0 Å². The molecule has 19 atom stereocenters. The molecule has 0 aromatic rings. The minimum Gasteiger partial charge on any atom is -0.481 e. The van der Waals surface area contributed by atoms with Crippen LogP contribution in [0.2, 0.25) is 0 Å². The van der Waals surface area contributed by atoms with Gasteiger partial charge in [0.05, 0.1) is 6.10 Å². The third-order valence-electron chi connectivity index (χ3n) is 20.9. The number of aliphatic carboxylic acids is 1. The van der Waals surface area contributed by atoms with E-state index in [1.54, 1.807) is 0 Å². The van der Waals surface area contributed by atoms with E-state index in [1.165, 1.54) is 83.5 Å². The number of aliphatic hydroxyl groups excluding tert-OH is 1. The van der Waals surface area contributed by atoms with Gasteiger partial charge in [0.15, 0.2) is 0 Å². The topological polar surface area (TPSA) is 91.7 Å². The average Bonchev–Trinajstić information content (AvgIpc) is 3.69. The summed E-state index contributed by atoms with van der Waals surface area (Å²) < 4.78 is 0. The van der Waals surface area contributed by atoms with Gasteiger partial charge in [-0.15, -0.1) is 0 Å². The number of carboxylic acids is 1. The minimum atomic E-state index is -0.678. The van der Waals surface area contributed by atoms with E-state index in [0.29, 0.717) is 75.7 Å². The summed E-state index contributed by atoms with van der Waals surface area (Å²) in [6.45, 7) is 21.7. The Morgan fingerprint density at radius 1 is 0.679 bits per heavy atom. The minimum absolute atomic E-state index is 0.184. The number of fused-ring (bicyclic) bond motifs is 10. The van der Waals surface area contributed by atoms with Crippen molar-refractivity contribution in [3.8, 4) is 0 Å². The summed E-state index contributed by atoms with van der Waals surface area (Å²) in [5.41, 5.74) is 1.26. The second-order valence-electron chi connectivity index (χ2n) is 23.3. The quantitative estimate of drug-likeness (QED) is 0.256. The Kier molecular flexibility index (Phi) is 12.2. The summed E-state index contributed by atoms with van der Waals surface area (Å²) in [4.78, 5) is 38.4. The van der Waals surface area contributed by atoms with Crippen LogP contribution in [0.25, 0.3) is 0 Å². The molecule has 8 aliphatic carbocycles. The largest absolute Gasteiger partial charge is 0.481 e. The van der Waals surface area contributed by atoms with Gasteiger partial charge in [0.2, 0.25) is 0 Å². The highest BCUT2D eigenvalue weighted by molar-refractivity contribution is 5.86. The number of hydrogen-bond donors (Lipinski definition) is 2. The molecule has 0 bridgehead atoms. The molecule has 8 aliphatic rings. The third-order valence-corrected chi connectivity index (χ3v) is 20.9. The standard InChI is InChI=1S/C26H44O2.C25H40O3/c1-6-8-16(3)19-9-10-20-23-21(12-14-25(19,20)4)26(5)13-11-17(27)15-22(26)18(7-2)24(23)28;1-15-9-11-24(3)17(13-15)14-21(26)23-19-7-6-18(16(2)5-8-22(27)28)25(19,4)12-10-20(23)24/h16-23,27H,6-15H2,1-5H3;15-20,23H,5-14H2,1-4H3,(H,27,28)/t16-,17-,18-,19-,20?,21?,22+,23+,25-,26-;15-,16-,17+,18-,19?,20?,23+,24+,25-/m11/s1. The van der Waals surface area contributed by atoms with Gasteiger partial charge in [-0.1, -0.05) is 81.6 Å². The zero-order valence-electron chi connectivity index (χ0n) is 37.4. The van der Waals surface area contributed by atoms with E-state index in [1.807, 2.05) is 0 Å². The van der Waals surface area contributed by atoms with Crippen LogP contribution in [0.15, 0.2) is 0 Å². The van der Waals surface area contributed by atoms with Crippen LogP contribution in [-0.2, 0) is 14.4 Å². The number of aliphatic hydroxyl groups is 1. The molecule has 5 nitrogen and oxygen atoms in total. The van der Waals surface area contributed by atoms with Crippen molar-refractivity contribution in [3.63, 3.8) is 0 Å². The van der Waals surface area contributed by atoms with E-state index in [0.717, 1.165) is 56.3 Å². The molecule has 0 saturated heterocycles. The normalized spacial score (nSPS) is 50.5. The molecule has 56 heavy (non-hydrogen) atoms. The number of Topliss-reactive ketones (excluding diaryl/α,β-unsaturated/α-hetero) is 2. The van der Waals surface area contributed by atoms with Crippen LogP contribution in [-0.4, -0.2) is 33.9 Å². The maximum atomic E-state index is 13.9. The van der Waals surface area contributed by atoms with Gasteiger partial charge in [-0.25, -0.2) is 0 Å². The van der Waals surface area contributed by atoms with E-state index in [4.69, 9.17) is 5.11 Å². The molecular weight excluding hydrogens is 693 g/mol. The molecule has 318 valence electrons. The molecule has 0 aliphatic heterocycles. The van der Waals surface area contributed by atoms with Crippen LogP contribution in [0, 0.1) is 105 Å². The van der Waals surface area contributed by atoms with Gasteiger partial charge in [-0.3, -0.25) is 14.4 Å². The fourth-order valence-electron chi connectivity index (χ4n) is 17.9. The molecule has 0 aromatic heterocycles. The van der Waals surface area contributed by atoms with Gasteiger partial charge in [0.25, 0.3) is 0 Å². The van der Waals surface area contributed by atoms with Crippen LogP contribution in [0.1, 0.15) is 191 Å². The molecular formula is C51H84O5. The Morgan fingerprint density at radius 3 is 1.80 bits per heavy atom. The fraction of sp³-hybridized carbons (Fsp3) is 0.941. The Bertz CT molecular complexity index is 1450. The lowest BCUT2D eigenvalue weighted by Crippen LogP contribution is -2.60. The number of carboxylic acid groups (broad SMARTS) is 1. The van der Waals surface area contributed by atoms with Gasteiger partial charge in [-0.2, -0.15) is 0 Å². The molecule has 0 radical (unpaired) electrons. The van der Waals surface area contributed by atoms with Crippen LogP contribution in [0.3, 0.4) is 0 Å². The van der Waals surface area contributed by atoms with Crippen molar-refractivity contribution in [1.82, 2.24) is 0 Å². The number of rotatable bonds is 8. The second-order valence-corrected chi connectivity index (χ2v) is 23.3. The maximum Gasteiger partial charge on any atom is 0.303 e. The highest BCUT2D eigenvalue weighted by atomic mass is 16.4. The Balaban J connectivity index is 0.000000172. The third kappa shape index (κ3) is 6.94. The van der Waals surface area contributed by atoms with Crippen LogP contribution >= 0.6 is 0 Å². The van der Waals surface area contributed by atoms with Crippen molar-refractivity contribution in [1.29, 1.82) is 0 Å². The summed E-state index contributed by atoms with van der Waals surface area (Å²) >= 11 is 0. The highest BCUT2D eigenvalue weighted by Gasteiger charge is 2.66. The fourth-order valence-corrected chi connectivity index (χ4v) is 17.9. The zero-order valence-corrected chi connectivity index (χ0v) is 37.4. The number of carbonyl (C=O) groups excluding carboxylic acids is 2. The molecule has 0 heterocycles. The van der Waals surface area contributed by atoms with Gasteiger partial charge in [-0.05, 0) is 183 Å². The van der Waals surface area contributed by atoms with Crippen LogP contribution < -0.4 is 0 Å². The Hall–Kier alpha value is -1.23. The molecule has 0 aromatic carbocycles. The molecule has 2 N–H and O–H groups in total. The zero-order chi connectivity index (χ0) is 40.5. The summed E-state index contributed by atoms with van der Waals surface area (Å²) in [7, 11) is 0. The average molecular weight is 777 g/mol. The SMILES string of the molecule is CCC[C@@H](C)[C@H]1CCC2[C@@H]3C(=O)[C@H](CC)[C@@H]4C[C@H](O)CC[C@]4(C)C3CC[C@@]21C.C[C@@H]1CC[C@]2(C)C3CC[C@@]4(C)C(CC[C@@H]4[C@H](C)CCC(=O)O)[C@@H]3C(=O)C[C@@H]2C1.